The lowest BCUT2D eigenvalue weighted by atomic mass is 10.0. The van der Waals surface area contributed by atoms with Gasteiger partial charge in [-0.25, -0.2) is 0 Å². The number of aryl methyl sites for hydroxylation is 3. The highest BCUT2D eigenvalue weighted by molar-refractivity contribution is 6.02. The molecule has 6 heteroatoms. The van der Waals surface area contributed by atoms with Crippen molar-refractivity contribution in [1.82, 2.24) is 20.1 Å². The maximum absolute atomic E-state index is 13.1. The summed E-state index contributed by atoms with van der Waals surface area (Å²) in [5.74, 6) is -0.0506. The first-order valence-electron chi connectivity index (χ1n) is 8.35. The van der Waals surface area contributed by atoms with Gasteiger partial charge in [0.2, 0.25) is 0 Å². The van der Waals surface area contributed by atoms with Crippen LogP contribution in [0.2, 0.25) is 0 Å². The third-order valence-electron chi connectivity index (χ3n) is 5.04. The summed E-state index contributed by atoms with van der Waals surface area (Å²) in [5.41, 5.74) is 5.75. The zero-order valence-corrected chi connectivity index (χ0v) is 14.9. The zero-order chi connectivity index (χ0) is 17.6. The van der Waals surface area contributed by atoms with Gasteiger partial charge in [0.05, 0.1) is 11.7 Å². The highest BCUT2D eigenvalue weighted by Crippen LogP contribution is 2.36. The van der Waals surface area contributed by atoms with Gasteiger partial charge < -0.3 is 9.88 Å². The molecule has 0 radical (unpaired) electrons. The minimum absolute atomic E-state index is 0.0141. The van der Waals surface area contributed by atoms with E-state index in [4.69, 9.17) is 0 Å². The number of carbonyl (C=O) groups is 2. The second kappa shape index (κ2) is 5.92. The van der Waals surface area contributed by atoms with Crippen LogP contribution < -0.4 is 0 Å². The molecule has 3 rings (SSSR count). The van der Waals surface area contributed by atoms with Crippen molar-refractivity contribution in [3.05, 3.63) is 39.5 Å². The lowest BCUT2D eigenvalue weighted by Crippen LogP contribution is -2.31. The molecule has 3 heterocycles. The molecule has 2 aromatic heterocycles. The van der Waals surface area contributed by atoms with Gasteiger partial charge in [-0.1, -0.05) is 0 Å². The number of hydrogen-bond donors (Lipinski definition) is 2. The van der Waals surface area contributed by atoms with Crippen LogP contribution in [0.4, 0.5) is 0 Å². The average molecular weight is 328 g/mol. The quantitative estimate of drug-likeness (QED) is 0.849. The van der Waals surface area contributed by atoms with E-state index in [1.165, 1.54) is 6.92 Å². The van der Waals surface area contributed by atoms with E-state index >= 15 is 0 Å². The molecule has 0 bridgehead atoms. The van der Waals surface area contributed by atoms with Crippen LogP contribution in [0.15, 0.2) is 0 Å². The lowest BCUT2D eigenvalue weighted by Gasteiger charge is -2.25. The highest BCUT2D eigenvalue weighted by atomic mass is 16.2. The van der Waals surface area contributed by atoms with E-state index in [-0.39, 0.29) is 17.7 Å². The highest BCUT2D eigenvalue weighted by Gasteiger charge is 2.35. The Bertz CT molecular complexity index is 796. The number of H-pyrrole nitrogens is 2. The van der Waals surface area contributed by atoms with Crippen LogP contribution >= 0.6 is 0 Å². The Morgan fingerprint density at radius 3 is 2.42 bits per heavy atom. The van der Waals surface area contributed by atoms with Crippen LogP contribution in [0, 0.1) is 27.7 Å². The van der Waals surface area contributed by atoms with Crippen molar-refractivity contribution in [2.24, 2.45) is 0 Å². The van der Waals surface area contributed by atoms with Gasteiger partial charge in [-0.15, -0.1) is 0 Å². The van der Waals surface area contributed by atoms with E-state index < -0.39 is 0 Å². The molecule has 24 heavy (non-hydrogen) atoms. The van der Waals surface area contributed by atoms with Gasteiger partial charge in [-0.2, -0.15) is 5.10 Å². The Morgan fingerprint density at radius 2 is 1.88 bits per heavy atom. The van der Waals surface area contributed by atoms with Crippen LogP contribution in [0.3, 0.4) is 0 Å². The first-order valence-corrected chi connectivity index (χ1v) is 8.35. The van der Waals surface area contributed by atoms with E-state index in [0.29, 0.717) is 11.3 Å². The number of carbonyl (C=O) groups excluding carboxylic acids is 2. The van der Waals surface area contributed by atoms with Crippen LogP contribution in [0.25, 0.3) is 0 Å². The first kappa shape index (κ1) is 16.5. The molecule has 0 aliphatic carbocycles. The van der Waals surface area contributed by atoms with Crippen molar-refractivity contribution in [3.63, 3.8) is 0 Å². The molecule has 1 amide bonds. The number of amides is 1. The van der Waals surface area contributed by atoms with Gasteiger partial charge in [0.1, 0.15) is 5.69 Å². The molecule has 1 atom stereocenters. The standard InChI is InChI=1S/C18H24N4O2/c1-9-15(13(5)23)10(2)19-17(9)18(24)22-8-6-7-14(22)16-11(3)20-21-12(16)4/h14,19H,6-8H2,1-5H3,(H,20,21). The summed E-state index contributed by atoms with van der Waals surface area (Å²) in [4.78, 5) is 30.0. The number of ketones is 1. The molecule has 1 fully saturated rings. The Labute approximate surface area is 141 Å². The van der Waals surface area contributed by atoms with Gasteiger partial charge in [-0.05, 0) is 53.0 Å². The van der Waals surface area contributed by atoms with Crippen LogP contribution in [-0.2, 0) is 0 Å². The summed E-state index contributed by atoms with van der Waals surface area (Å²) in [6.07, 6.45) is 1.91. The second-order valence-electron chi connectivity index (χ2n) is 6.69. The minimum Gasteiger partial charge on any atom is -0.354 e. The Kier molecular flexibility index (Phi) is 4.07. The van der Waals surface area contributed by atoms with Gasteiger partial charge in [0, 0.05) is 29.1 Å². The Balaban J connectivity index is 1.98. The molecule has 1 unspecified atom stereocenters. The summed E-state index contributed by atoms with van der Waals surface area (Å²) in [6, 6.07) is 0.0417. The van der Waals surface area contributed by atoms with Crippen molar-refractivity contribution >= 4 is 11.7 Å². The van der Waals surface area contributed by atoms with Crippen molar-refractivity contribution in [1.29, 1.82) is 0 Å². The van der Waals surface area contributed by atoms with Crippen LogP contribution in [0.1, 0.15) is 74.9 Å². The molecular weight excluding hydrogens is 304 g/mol. The molecule has 1 aliphatic rings. The van der Waals surface area contributed by atoms with Gasteiger partial charge in [-0.3, -0.25) is 14.7 Å². The zero-order valence-electron chi connectivity index (χ0n) is 14.9. The van der Waals surface area contributed by atoms with E-state index in [9.17, 15) is 9.59 Å². The number of hydrogen-bond acceptors (Lipinski definition) is 3. The van der Waals surface area contributed by atoms with E-state index in [2.05, 4.69) is 15.2 Å². The smallest absolute Gasteiger partial charge is 0.271 e. The number of rotatable bonds is 3. The van der Waals surface area contributed by atoms with Crippen molar-refractivity contribution < 1.29 is 9.59 Å². The van der Waals surface area contributed by atoms with E-state index in [1.807, 2.05) is 32.6 Å². The van der Waals surface area contributed by atoms with Crippen LogP contribution in [0.5, 0.6) is 0 Å². The summed E-state index contributed by atoms with van der Waals surface area (Å²) < 4.78 is 0. The Hall–Kier alpha value is -2.37. The molecule has 0 aromatic carbocycles. The fourth-order valence-electron chi connectivity index (χ4n) is 4.00. The fourth-order valence-corrected chi connectivity index (χ4v) is 4.00. The maximum atomic E-state index is 13.1. The SMILES string of the molecule is CC(=O)c1c(C)[nH]c(C(=O)N2CCCC2c2c(C)n[nH]c2C)c1C. The van der Waals surface area contributed by atoms with Gasteiger partial charge in [0.15, 0.2) is 5.78 Å². The third-order valence-corrected chi connectivity index (χ3v) is 5.04. The molecule has 128 valence electrons. The second-order valence-corrected chi connectivity index (χ2v) is 6.69. The summed E-state index contributed by atoms with van der Waals surface area (Å²) in [6.45, 7) is 9.90. The lowest BCUT2D eigenvalue weighted by molar-refractivity contribution is 0.0729. The first-order chi connectivity index (χ1) is 11.3. The normalized spacial score (nSPS) is 17.5. The number of Topliss-reactive ketones (excluding diaryl/α,β-unsaturated/α-hetero) is 1. The monoisotopic (exact) mass is 328 g/mol. The van der Waals surface area contributed by atoms with Crippen molar-refractivity contribution in [3.8, 4) is 0 Å². The third kappa shape index (κ3) is 2.46. The maximum Gasteiger partial charge on any atom is 0.271 e. The molecule has 2 aromatic rings. The molecule has 0 spiro atoms. The fraction of sp³-hybridized carbons (Fsp3) is 0.500. The number of likely N-dealkylation sites (tertiary alicyclic amines) is 1. The average Bonchev–Trinajstić information content (AvgIpc) is 3.17. The van der Waals surface area contributed by atoms with Crippen molar-refractivity contribution in [2.45, 2.75) is 53.5 Å². The summed E-state index contributed by atoms with van der Waals surface area (Å²) >= 11 is 0. The molecule has 1 saturated heterocycles. The summed E-state index contributed by atoms with van der Waals surface area (Å²) in [7, 11) is 0. The minimum atomic E-state index is -0.0365. The van der Waals surface area contributed by atoms with Gasteiger partial charge >= 0.3 is 0 Å². The molecule has 1 aliphatic heterocycles. The number of nitrogens with one attached hydrogen (secondary N) is 2. The number of aromatic nitrogens is 3. The largest absolute Gasteiger partial charge is 0.354 e. The Morgan fingerprint density at radius 1 is 1.17 bits per heavy atom. The van der Waals surface area contributed by atoms with Crippen molar-refractivity contribution in [2.75, 3.05) is 6.54 Å². The number of nitrogens with zero attached hydrogens (tertiary/aromatic N) is 2. The molecule has 0 saturated carbocycles. The topological polar surface area (TPSA) is 81.8 Å². The van der Waals surface area contributed by atoms with E-state index in [0.717, 1.165) is 47.6 Å². The molecular formula is C18H24N4O2. The molecule has 6 nitrogen and oxygen atoms in total. The summed E-state index contributed by atoms with van der Waals surface area (Å²) in [5, 5.41) is 7.28. The van der Waals surface area contributed by atoms with Gasteiger partial charge in [0.25, 0.3) is 5.91 Å². The molecule has 2 N–H and O–H groups in total. The predicted octanol–water partition coefficient (Wildman–Crippen LogP) is 3.15. The van der Waals surface area contributed by atoms with Crippen LogP contribution in [-0.4, -0.2) is 38.3 Å². The van der Waals surface area contributed by atoms with E-state index in [1.54, 1.807) is 0 Å². The number of aromatic amines is 2. The predicted molar refractivity (Wildman–Crippen MR) is 91.3 cm³/mol.